The highest BCUT2D eigenvalue weighted by atomic mass is 32.3. The lowest BCUT2D eigenvalue weighted by molar-refractivity contribution is 0.433. The summed E-state index contributed by atoms with van der Waals surface area (Å²) in [4.78, 5) is 4.98. The molecule has 2 heterocycles. The smallest absolute Gasteiger partial charge is 0.223 e. The predicted molar refractivity (Wildman–Crippen MR) is 113 cm³/mol. The van der Waals surface area contributed by atoms with Crippen molar-refractivity contribution >= 4 is 10.3 Å². The van der Waals surface area contributed by atoms with Crippen molar-refractivity contribution in [1.29, 1.82) is 5.26 Å². The van der Waals surface area contributed by atoms with Crippen LogP contribution in [0.4, 0.5) is 0 Å². The van der Waals surface area contributed by atoms with Gasteiger partial charge in [-0.05, 0) is 64.9 Å². The molecule has 0 unspecified atom stereocenters. The van der Waals surface area contributed by atoms with Crippen molar-refractivity contribution in [3.05, 3.63) is 53.9 Å². The van der Waals surface area contributed by atoms with Gasteiger partial charge in [0.05, 0.1) is 27.8 Å². The lowest BCUT2D eigenvalue weighted by Gasteiger charge is -2.36. The van der Waals surface area contributed by atoms with Gasteiger partial charge in [0.1, 0.15) is 0 Å². The molecule has 0 fully saturated rings. The molecule has 0 aliphatic heterocycles. The summed E-state index contributed by atoms with van der Waals surface area (Å²) < 4.78 is 18.1. The lowest BCUT2D eigenvalue weighted by Crippen LogP contribution is -2.42. The van der Waals surface area contributed by atoms with Gasteiger partial charge in [0.15, 0.2) is 5.82 Å². The molecule has 0 saturated carbocycles. The lowest BCUT2D eigenvalue weighted by atomic mass is 10.0. The maximum Gasteiger partial charge on any atom is 0.223 e. The minimum atomic E-state index is -2.91. The minimum Gasteiger partial charge on any atom is -0.493 e. The second kappa shape index (κ2) is 7.75. The van der Waals surface area contributed by atoms with Gasteiger partial charge in [-0.3, -0.25) is 4.21 Å². The molecule has 0 bridgehead atoms. The van der Waals surface area contributed by atoms with E-state index >= 15 is 0 Å². The summed E-state index contributed by atoms with van der Waals surface area (Å²) in [6.45, 7) is 1.80. The van der Waals surface area contributed by atoms with Crippen molar-refractivity contribution in [2.45, 2.75) is 11.8 Å². The van der Waals surface area contributed by atoms with Crippen LogP contribution in [0.3, 0.4) is 0 Å². The van der Waals surface area contributed by atoms with Crippen molar-refractivity contribution in [3.63, 3.8) is 0 Å². The zero-order valence-electron chi connectivity index (χ0n) is 17.0. The molecule has 0 aliphatic carbocycles. The highest BCUT2D eigenvalue weighted by molar-refractivity contribution is 7.98. The van der Waals surface area contributed by atoms with Gasteiger partial charge in [0.2, 0.25) is 5.88 Å². The number of nitriles is 1. The first-order chi connectivity index (χ1) is 13.7. The average Bonchev–Trinajstić information content (AvgIpc) is 3.01. The summed E-state index contributed by atoms with van der Waals surface area (Å²) in [6, 6.07) is 12.4. The van der Waals surface area contributed by atoms with Gasteiger partial charge in [0, 0.05) is 16.5 Å². The summed E-state index contributed by atoms with van der Waals surface area (Å²) in [5.41, 5.74) is 2.51. The first-order valence-corrected chi connectivity index (χ1v) is 10.5. The number of pyridine rings is 1. The molecule has 152 valence electrons. The molecule has 0 spiro atoms. The fourth-order valence-corrected chi connectivity index (χ4v) is 5.34. The number of thiol groups is 1. The Hall–Kier alpha value is -3.06. The quantitative estimate of drug-likeness (QED) is 0.626. The molecule has 9 heteroatoms. The molecular weight excluding hydrogens is 388 g/mol. The van der Waals surface area contributed by atoms with Crippen molar-refractivity contribution in [2.75, 3.05) is 28.2 Å². The SMILES string of the molecule is Cc1nn(-c2ccc([SH](=O)(N(C)C)N(C)C)cn2)c(O)c1-c1ccc(C#N)cc1. The van der Waals surface area contributed by atoms with Gasteiger partial charge < -0.3 is 5.11 Å². The van der Waals surface area contributed by atoms with E-state index in [1.54, 1.807) is 86.3 Å². The van der Waals surface area contributed by atoms with Crippen LogP contribution in [0.25, 0.3) is 16.9 Å². The Labute approximate surface area is 171 Å². The van der Waals surface area contributed by atoms with Crippen LogP contribution in [0.2, 0.25) is 0 Å². The highest BCUT2D eigenvalue weighted by Crippen LogP contribution is 2.34. The van der Waals surface area contributed by atoms with E-state index in [1.807, 2.05) is 0 Å². The van der Waals surface area contributed by atoms with E-state index in [1.165, 1.54) is 4.68 Å². The fraction of sp³-hybridized carbons (Fsp3) is 0.250. The molecule has 8 nitrogen and oxygen atoms in total. The van der Waals surface area contributed by atoms with Crippen molar-refractivity contribution in [3.8, 4) is 28.9 Å². The van der Waals surface area contributed by atoms with E-state index in [4.69, 9.17) is 5.26 Å². The van der Waals surface area contributed by atoms with E-state index in [9.17, 15) is 9.32 Å². The van der Waals surface area contributed by atoms with E-state index < -0.39 is 10.3 Å². The Balaban J connectivity index is 2.02. The van der Waals surface area contributed by atoms with Gasteiger partial charge >= 0.3 is 0 Å². The third-order valence-corrected chi connectivity index (χ3v) is 7.81. The van der Waals surface area contributed by atoms with Gasteiger partial charge in [-0.2, -0.15) is 15.0 Å². The number of aromatic hydroxyl groups is 1. The van der Waals surface area contributed by atoms with E-state index in [2.05, 4.69) is 16.2 Å². The maximum atomic E-state index is 13.3. The third-order valence-electron chi connectivity index (χ3n) is 4.71. The maximum absolute atomic E-state index is 13.3. The fourth-order valence-electron chi connectivity index (χ4n) is 3.22. The molecule has 1 N–H and O–H groups in total. The molecule has 0 saturated heterocycles. The molecule has 0 atom stereocenters. The van der Waals surface area contributed by atoms with Gasteiger partial charge in [0.25, 0.3) is 0 Å². The zero-order valence-corrected chi connectivity index (χ0v) is 17.9. The summed E-state index contributed by atoms with van der Waals surface area (Å²) >= 11 is 0. The normalized spacial score (nSPS) is 12.3. The topological polar surface area (TPSA) is 98.3 Å². The van der Waals surface area contributed by atoms with E-state index in [0.717, 1.165) is 5.56 Å². The Morgan fingerprint density at radius 2 is 1.69 bits per heavy atom. The average molecular weight is 413 g/mol. The number of aryl methyl sites for hydroxylation is 1. The molecular formula is C20H24N6O2S. The van der Waals surface area contributed by atoms with Gasteiger partial charge in [-0.1, -0.05) is 12.1 Å². The molecule has 29 heavy (non-hydrogen) atoms. The first kappa shape index (κ1) is 20.7. The van der Waals surface area contributed by atoms with Crippen LogP contribution in [0.15, 0.2) is 47.5 Å². The molecule has 0 amide bonds. The second-order valence-corrected chi connectivity index (χ2v) is 10.2. The molecule has 0 aliphatic rings. The summed E-state index contributed by atoms with van der Waals surface area (Å²) in [5.74, 6) is 0.370. The molecule has 2 aromatic heterocycles. The Morgan fingerprint density at radius 1 is 1.07 bits per heavy atom. The monoisotopic (exact) mass is 412 g/mol. The molecule has 1 aromatic carbocycles. The van der Waals surface area contributed by atoms with Crippen LogP contribution in [-0.4, -0.2) is 60.9 Å². The van der Waals surface area contributed by atoms with Crippen LogP contribution in [0, 0.1) is 18.3 Å². The summed E-state index contributed by atoms with van der Waals surface area (Å²) in [6.07, 6.45) is 1.55. The van der Waals surface area contributed by atoms with Crippen LogP contribution in [0.1, 0.15) is 11.3 Å². The standard InChI is InChI=1S/C20H24N6O2S/c1-14-19(16-8-6-15(12-21)7-9-16)20(27)26(23-14)18-11-10-17(13-22-18)29(28,24(2)3)25(4)5/h6-11,13,27,29H,1-5H3. The molecule has 0 radical (unpaired) electrons. The van der Waals surface area contributed by atoms with Crippen molar-refractivity contribution in [1.82, 2.24) is 23.4 Å². The van der Waals surface area contributed by atoms with Crippen LogP contribution in [0.5, 0.6) is 5.88 Å². The highest BCUT2D eigenvalue weighted by Gasteiger charge is 2.24. The number of rotatable bonds is 5. The predicted octanol–water partition coefficient (Wildman–Crippen LogP) is 2.15. The van der Waals surface area contributed by atoms with Crippen LogP contribution < -0.4 is 0 Å². The molecule has 3 aromatic rings. The molecule has 3 rings (SSSR count). The third kappa shape index (κ3) is 3.53. The number of hydrogen-bond donors (Lipinski definition) is 2. The summed E-state index contributed by atoms with van der Waals surface area (Å²) in [7, 11) is 4.15. The van der Waals surface area contributed by atoms with Crippen LogP contribution in [-0.2, 0) is 10.3 Å². The Kier molecular flexibility index (Phi) is 5.53. The first-order valence-electron chi connectivity index (χ1n) is 8.92. The minimum absolute atomic E-state index is 0.0455. The zero-order chi connectivity index (χ0) is 21.3. The number of hydrogen-bond acceptors (Lipinski definition) is 5. The Morgan fingerprint density at radius 3 is 2.17 bits per heavy atom. The Bertz CT molecular complexity index is 1100. The van der Waals surface area contributed by atoms with Crippen molar-refractivity contribution in [2.24, 2.45) is 0 Å². The summed E-state index contributed by atoms with van der Waals surface area (Å²) in [5, 5.41) is 24.1. The number of benzene rings is 1. The van der Waals surface area contributed by atoms with E-state index in [0.29, 0.717) is 27.5 Å². The van der Waals surface area contributed by atoms with E-state index in [-0.39, 0.29) is 5.88 Å². The van der Waals surface area contributed by atoms with Gasteiger partial charge in [-0.25, -0.2) is 13.6 Å². The van der Waals surface area contributed by atoms with Crippen LogP contribution >= 0.6 is 0 Å². The number of aromatic nitrogens is 3. The number of nitrogens with zero attached hydrogens (tertiary/aromatic N) is 6. The van der Waals surface area contributed by atoms with Gasteiger partial charge in [-0.15, -0.1) is 0 Å². The second-order valence-electron chi connectivity index (χ2n) is 7.00. The van der Waals surface area contributed by atoms with Crippen molar-refractivity contribution < 1.29 is 9.32 Å². The largest absolute Gasteiger partial charge is 0.493 e.